The Bertz CT molecular complexity index is 88.2. The Hall–Kier alpha value is 0. The van der Waals surface area contributed by atoms with Crippen LogP contribution in [0.15, 0.2) is 0 Å². The molecule has 1 aliphatic carbocycles. The summed E-state index contributed by atoms with van der Waals surface area (Å²) in [6.45, 7) is 7.07. The summed E-state index contributed by atoms with van der Waals surface area (Å²) in [7, 11) is 0. The Morgan fingerprint density at radius 1 is 1.33 bits per heavy atom. The molecule has 0 aromatic heterocycles. The summed E-state index contributed by atoms with van der Waals surface area (Å²) < 4.78 is 0. The van der Waals surface area contributed by atoms with E-state index in [1.807, 2.05) is 0 Å². The summed E-state index contributed by atoms with van der Waals surface area (Å²) >= 11 is 0. The van der Waals surface area contributed by atoms with Crippen molar-refractivity contribution in [2.75, 3.05) is 0 Å². The first-order chi connectivity index (χ1) is 4.12. The summed E-state index contributed by atoms with van der Waals surface area (Å²) in [6.07, 6.45) is 5.87. The zero-order valence-electron chi connectivity index (χ0n) is 6.91. The van der Waals surface area contributed by atoms with E-state index < -0.39 is 0 Å². The lowest BCUT2D eigenvalue weighted by molar-refractivity contribution is 0.125. The SMILES string of the molecule is CC(C)CC1(C)CCC1. The van der Waals surface area contributed by atoms with E-state index in [0.717, 1.165) is 11.3 Å². The minimum atomic E-state index is 0.744. The van der Waals surface area contributed by atoms with Gasteiger partial charge in [0.25, 0.3) is 0 Å². The third-order valence-electron chi connectivity index (χ3n) is 2.46. The molecule has 0 atom stereocenters. The zero-order valence-corrected chi connectivity index (χ0v) is 6.91. The van der Waals surface area contributed by atoms with Crippen molar-refractivity contribution in [3.63, 3.8) is 0 Å². The molecule has 0 aliphatic heterocycles. The molecule has 0 aromatic rings. The Morgan fingerprint density at radius 2 is 1.89 bits per heavy atom. The normalized spacial score (nSPS) is 24.0. The molecule has 9 heavy (non-hydrogen) atoms. The van der Waals surface area contributed by atoms with Crippen LogP contribution in [0, 0.1) is 11.3 Å². The van der Waals surface area contributed by atoms with Crippen molar-refractivity contribution in [3.05, 3.63) is 0 Å². The molecule has 0 aromatic carbocycles. The van der Waals surface area contributed by atoms with Crippen LogP contribution < -0.4 is 0 Å². The highest BCUT2D eigenvalue weighted by Gasteiger charge is 2.31. The fraction of sp³-hybridized carbons (Fsp3) is 1.00. The fourth-order valence-electron chi connectivity index (χ4n) is 1.97. The van der Waals surface area contributed by atoms with E-state index in [1.165, 1.54) is 25.7 Å². The first-order valence-corrected chi connectivity index (χ1v) is 4.12. The van der Waals surface area contributed by atoms with E-state index >= 15 is 0 Å². The zero-order chi connectivity index (χ0) is 6.91. The van der Waals surface area contributed by atoms with E-state index in [-0.39, 0.29) is 0 Å². The smallest absolute Gasteiger partial charge is 0.0323 e. The highest BCUT2D eigenvalue weighted by molar-refractivity contribution is 4.83. The van der Waals surface area contributed by atoms with Gasteiger partial charge in [-0.05, 0) is 30.6 Å². The van der Waals surface area contributed by atoms with Crippen LogP contribution in [0.5, 0.6) is 0 Å². The standard InChI is InChI=1S/C9H18/c1-8(2)7-9(3)5-4-6-9/h8H,4-7H2,1-3H3. The molecule has 0 nitrogen and oxygen atoms in total. The van der Waals surface area contributed by atoms with Gasteiger partial charge in [-0.1, -0.05) is 27.2 Å². The Morgan fingerprint density at radius 3 is 2.00 bits per heavy atom. The molecule has 0 N–H and O–H groups in total. The molecule has 0 bridgehead atoms. The van der Waals surface area contributed by atoms with Gasteiger partial charge < -0.3 is 0 Å². The Kier molecular flexibility index (Phi) is 1.83. The van der Waals surface area contributed by atoms with Gasteiger partial charge in [-0.3, -0.25) is 0 Å². The Labute approximate surface area is 58.7 Å². The van der Waals surface area contributed by atoms with Crippen LogP contribution in [0.4, 0.5) is 0 Å². The molecule has 0 spiro atoms. The summed E-state index contributed by atoms with van der Waals surface area (Å²) in [5.74, 6) is 0.898. The van der Waals surface area contributed by atoms with Gasteiger partial charge in [-0.2, -0.15) is 0 Å². The van der Waals surface area contributed by atoms with Gasteiger partial charge in [-0.15, -0.1) is 0 Å². The van der Waals surface area contributed by atoms with Gasteiger partial charge in [0.1, 0.15) is 0 Å². The molecule has 0 amide bonds. The first kappa shape index (κ1) is 7.11. The van der Waals surface area contributed by atoms with E-state index in [0.29, 0.717) is 0 Å². The molecule has 54 valence electrons. The first-order valence-electron chi connectivity index (χ1n) is 4.12. The molecule has 0 heteroatoms. The van der Waals surface area contributed by atoms with Crippen molar-refractivity contribution < 1.29 is 0 Å². The minimum absolute atomic E-state index is 0.744. The monoisotopic (exact) mass is 126 g/mol. The van der Waals surface area contributed by atoms with Crippen molar-refractivity contribution in [2.24, 2.45) is 11.3 Å². The maximum Gasteiger partial charge on any atom is -0.0323 e. The van der Waals surface area contributed by atoms with E-state index in [9.17, 15) is 0 Å². The highest BCUT2D eigenvalue weighted by atomic mass is 14.4. The number of rotatable bonds is 2. The lowest BCUT2D eigenvalue weighted by Crippen LogP contribution is -2.26. The van der Waals surface area contributed by atoms with E-state index in [4.69, 9.17) is 0 Å². The molecule has 0 radical (unpaired) electrons. The molecule has 1 rings (SSSR count). The van der Waals surface area contributed by atoms with Crippen LogP contribution >= 0.6 is 0 Å². The average molecular weight is 126 g/mol. The highest BCUT2D eigenvalue weighted by Crippen LogP contribution is 2.44. The average Bonchev–Trinajstić information content (AvgIpc) is 1.60. The van der Waals surface area contributed by atoms with Gasteiger partial charge in [-0.25, -0.2) is 0 Å². The second kappa shape index (κ2) is 2.32. The van der Waals surface area contributed by atoms with Crippen LogP contribution in [0.2, 0.25) is 0 Å². The van der Waals surface area contributed by atoms with Crippen LogP contribution in [0.1, 0.15) is 46.5 Å². The maximum atomic E-state index is 2.43. The second-order valence-corrected chi connectivity index (χ2v) is 4.26. The molecule has 0 unspecified atom stereocenters. The second-order valence-electron chi connectivity index (χ2n) is 4.26. The van der Waals surface area contributed by atoms with Gasteiger partial charge in [0, 0.05) is 0 Å². The maximum absolute atomic E-state index is 2.43. The predicted octanol–water partition coefficient (Wildman–Crippen LogP) is 3.22. The summed E-state index contributed by atoms with van der Waals surface area (Å²) in [6, 6.07) is 0. The summed E-state index contributed by atoms with van der Waals surface area (Å²) in [5, 5.41) is 0. The number of hydrogen-bond acceptors (Lipinski definition) is 0. The van der Waals surface area contributed by atoms with Crippen molar-refractivity contribution >= 4 is 0 Å². The summed E-state index contributed by atoms with van der Waals surface area (Å²) in [5.41, 5.74) is 0.744. The van der Waals surface area contributed by atoms with Crippen molar-refractivity contribution in [3.8, 4) is 0 Å². The lowest BCUT2D eigenvalue weighted by atomic mass is 9.66. The van der Waals surface area contributed by atoms with E-state index in [1.54, 1.807) is 0 Å². The third-order valence-corrected chi connectivity index (χ3v) is 2.46. The third kappa shape index (κ3) is 1.70. The van der Waals surface area contributed by atoms with Crippen LogP contribution in [0.25, 0.3) is 0 Å². The van der Waals surface area contributed by atoms with E-state index in [2.05, 4.69) is 20.8 Å². The fourth-order valence-corrected chi connectivity index (χ4v) is 1.97. The van der Waals surface area contributed by atoms with Gasteiger partial charge in [0.2, 0.25) is 0 Å². The Balaban J connectivity index is 2.24. The van der Waals surface area contributed by atoms with Crippen molar-refractivity contribution in [1.82, 2.24) is 0 Å². The number of hydrogen-bond donors (Lipinski definition) is 0. The molecule has 1 fully saturated rings. The quantitative estimate of drug-likeness (QED) is 0.533. The lowest BCUT2D eigenvalue weighted by Gasteiger charge is -2.39. The van der Waals surface area contributed by atoms with Crippen molar-refractivity contribution in [2.45, 2.75) is 46.5 Å². The molecule has 0 saturated heterocycles. The van der Waals surface area contributed by atoms with Crippen molar-refractivity contribution in [1.29, 1.82) is 0 Å². The molecule has 1 aliphatic rings. The van der Waals surface area contributed by atoms with Crippen LogP contribution in [-0.4, -0.2) is 0 Å². The van der Waals surface area contributed by atoms with Crippen LogP contribution in [-0.2, 0) is 0 Å². The van der Waals surface area contributed by atoms with Gasteiger partial charge in [0.05, 0.1) is 0 Å². The molecular weight excluding hydrogens is 108 g/mol. The summed E-state index contributed by atoms with van der Waals surface area (Å²) in [4.78, 5) is 0. The predicted molar refractivity (Wildman–Crippen MR) is 41.4 cm³/mol. The molecular formula is C9H18. The molecule has 1 saturated carbocycles. The molecule has 0 heterocycles. The topological polar surface area (TPSA) is 0 Å². The minimum Gasteiger partial charge on any atom is -0.0628 e. The van der Waals surface area contributed by atoms with Gasteiger partial charge in [0.15, 0.2) is 0 Å². The largest absolute Gasteiger partial charge is 0.0628 e. The van der Waals surface area contributed by atoms with Gasteiger partial charge >= 0.3 is 0 Å². The van der Waals surface area contributed by atoms with Crippen LogP contribution in [0.3, 0.4) is 0 Å².